The highest BCUT2D eigenvalue weighted by Crippen LogP contribution is 2.21. The van der Waals surface area contributed by atoms with Crippen LogP contribution in [0.25, 0.3) is 11.0 Å². The Morgan fingerprint density at radius 1 is 1.05 bits per heavy atom. The number of benzene rings is 2. The number of hydrogen-bond donors (Lipinski definition) is 0. The summed E-state index contributed by atoms with van der Waals surface area (Å²) in [5, 5.41) is 0.486. The molecule has 3 rings (SSSR count). The van der Waals surface area contributed by atoms with Crippen LogP contribution in [-0.4, -0.2) is 18.4 Å². The summed E-state index contributed by atoms with van der Waals surface area (Å²) in [6.45, 7) is 1.87. The number of nitrogens with zero attached hydrogens (tertiary/aromatic N) is 2. The fourth-order valence-corrected chi connectivity index (χ4v) is 2.91. The molecule has 0 spiro atoms. The lowest BCUT2D eigenvalue weighted by atomic mass is 10.2. The summed E-state index contributed by atoms with van der Waals surface area (Å²) in [6.07, 6.45) is 1.27. The van der Waals surface area contributed by atoms with Gasteiger partial charge in [-0.05, 0) is 37.3 Å². The van der Waals surface area contributed by atoms with Crippen LogP contribution in [0.2, 0.25) is 5.02 Å². The Morgan fingerprint density at radius 2 is 1.77 bits per heavy atom. The second-order valence-electron chi connectivity index (χ2n) is 4.69. The zero-order valence-corrected chi connectivity index (χ0v) is 13.1. The Balaban J connectivity index is 1.96. The topological polar surface area (TPSA) is 69.2 Å². The summed E-state index contributed by atoms with van der Waals surface area (Å²) in [4.78, 5) is 8.28. The third kappa shape index (κ3) is 3.03. The number of aryl methyl sites for hydroxylation is 1. The molecule has 0 unspecified atom stereocenters. The van der Waals surface area contributed by atoms with Gasteiger partial charge in [0, 0.05) is 5.02 Å². The molecule has 0 saturated heterocycles. The predicted octanol–water partition coefficient (Wildman–Crippen LogP) is 3.36. The van der Waals surface area contributed by atoms with Gasteiger partial charge in [0.2, 0.25) is 0 Å². The lowest BCUT2D eigenvalue weighted by Gasteiger charge is -2.07. The second kappa shape index (κ2) is 5.55. The molecular weight excluding hydrogens is 324 g/mol. The molecule has 0 radical (unpaired) electrons. The first-order valence-corrected chi connectivity index (χ1v) is 8.16. The van der Waals surface area contributed by atoms with Gasteiger partial charge in [-0.1, -0.05) is 29.3 Å². The molecule has 0 atom stereocenters. The average molecular weight is 335 g/mol. The summed E-state index contributed by atoms with van der Waals surface area (Å²) in [5.74, 6) is -0.102. The second-order valence-corrected chi connectivity index (χ2v) is 6.67. The van der Waals surface area contributed by atoms with E-state index in [1.165, 1.54) is 18.3 Å². The van der Waals surface area contributed by atoms with Crippen LogP contribution in [-0.2, 0) is 10.1 Å². The van der Waals surface area contributed by atoms with Gasteiger partial charge in [-0.15, -0.1) is 0 Å². The van der Waals surface area contributed by atoms with E-state index in [9.17, 15) is 8.42 Å². The molecule has 0 aliphatic heterocycles. The highest BCUT2D eigenvalue weighted by atomic mass is 35.5. The molecule has 7 heteroatoms. The SMILES string of the molecule is Cc1ccc(S(=O)(=O)Oc2cnc3ccc(Cl)cc3n2)cc1. The van der Waals surface area contributed by atoms with Gasteiger partial charge in [-0.3, -0.25) is 0 Å². The minimum Gasteiger partial charge on any atom is -0.356 e. The minimum absolute atomic E-state index is 0.0612. The molecule has 0 N–H and O–H groups in total. The summed E-state index contributed by atoms with van der Waals surface area (Å²) < 4.78 is 29.4. The van der Waals surface area contributed by atoms with Crippen LogP contribution in [0.15, 0.2) is 53.6 Å². The lowest BCUT2D eigenvalue weighted by Crippen LogP contribution is -2.10. The van der Waals surface area contributed by atoms with Crippen molar-refractivity contribution in [3.8, 4) is 5.88 Å². The van der Waals surface area contributed by atoms with E-state index in [4.69, 9.17) is 15.8 Å². The maximum absolute atomic E-state index is 12.2. The van der Waals surface area contributed by atoms with Crippen molar-refractivity contribution in [3.63, 3.8) is 0 Å². The Kier molecular flexibility index (Phi) is 3.72. The van der Waals surface area contributed by atoms with Crippen molar-refractivity contribution < 1.29 is 12.6 Å². The van der Waals surface area contributed by atoms with E-state index >= 15 is 0 Å². The minimum atomic E-state index is -3.94. The molecule has 112 valence electrons. The van der Waals surface area contributed by atoms with Gasteiger partial charge in [0.1, 0.15) is 4.90 Å². The number of hydrogen-bond acceptors (Lipinski definition) is 5. The van der Waals surface area contributed by atoms with Crippen molar-refractivity contribution in [2.24, 2.45) is 0 Å². The van der Waals surface area contributed by atoms with Gasteiger partial charge in [0.15, 0.2) is 0 Å². The first kappa shape index (κ1) is 14.7. The normalized spacial score (nSPS) is 11.5. The molecular formula is C15H11ClN2O3S. The molecule has 1 aromatic heterocycles. The first-order valence-electron chi connectivity index (χ1n) is 6.37. The predicted molar refractivity (Wildman–Crippen MR) is 83.5 cm³/mol. The van der Waals surface area contributed by atoms with Crippen LogP contribution >= 0.6 is 11.6 Å². The largest absolute Gasteiger partial charge is 0.356 e. The molecule has 3 aromatic rings. The van der Waals surface area contributed by atoms with E-state index in [2.05, 4.69) is 9.97 Å². The maximum Gasteiger partial charge on any atom is 0.340 e. The summed E-state index contributed by atoms with van der Waals surface area (Å²) >= 11 is 5.89. The monoisotopic (exact) mass is 334 g/mol. The number of rotatable bonds is 3. The zero-order valence-electron chi connectivity index (χ0n) is 11.5. The van der Waals surface area contributed by atoms with Gasteiger partial charge in [-0.2, -0.15) is 8.42 Å². The molecule has 0 aliphatic rings. The van der Waals surface area contributed by atoms with Crippen molar-refractivity contribution in [1.29, 1.82) is 0 Å². The summed E-state index contributed by atoms with van der Waals surface area (Å²) in [6, 6.07) is 11.3. The standard InChI is InChI=1S/C15H11ClN2O3S/c1-10-2-5-12(6-3-10)22(19,20)21-15-9-17-13-7-4-11(16)8-14(13)18-15/h2-9H,1H3. The van der Waals surface area contributed by atoms with Gasteiger partial charge < -0.3 is 4.18 Å². The van der Waals surface area contributed by atoms with E-state index in [1.807, 2.05) is 6.92 Å². The molecule has 0 amide bonds. The van der Waals surface area contributed by atoms with Gasteiger partial charge in [-0.25, -0.2) is 9.97 Å². The molecule has 0 aliphatic carbocycles. The fraction of sp³-hybridized carbons (Fsp3) is 0.0667. The molecule has 0 fully saturated rings. The van der Waals surface area contributed by atoms with Crippen LogP contribution in [0.4, 0.5) is 0 Å². The average Bonchev–Trinajstić information content (AvgIpc) is 2.47. The van der Waals surface area contributed by atoms with Crippen LogP contribution in [0.1, 0.15) is 5.56 Å². The van der Waals surface area contributed by atoms with Crippen LogP contribution in [0.5, 0.6) is 5.88 Å². The molecule has 1 heterocycles. The Labute approximate surface area is 132 Å². The van der Waals surface area contributed by atoms with Crippen molar-refractivity contribution in [3.05, 3.63) is 59.2 Å². The Hall–Kier alpha value is -2.18. The fourth-order valence-electron chi connectivity index (χ4n) is 1.87. The highest BCUT2D eigenvalue weighted by molar-refractivity contribution is 7.87. The number of aromatic nitrogens is 2. The first-order chi connectivity index (χ1) is 10.4. The maximum atomic E-state index is 12.2. The number of halogens is 1. The summed E-state index contributed by atoms with van der Waals surface area (Å²) in [7, 11) is -3.94. The van der Waals surface area contributed by atoms with E-state index in [-0.39, 0.29) is 10.8 Å². The summed E-state index contributed by atoms with van der Waals surface area (Å²) in [5.41, 5.74) is 2.02. The van der Waals surface area contributed by atoms with Gasteiger partial charge >= 0.3 is 10.1 Å². The molecule has 0 saturated carbocycles. The molecule has 5 nitrogen and oxygen atoms in total. The van der Waals surface area contributed by atoms with E-state index < -0.39 is 10.1 Å². The number of fused-ring (bicyclic) bond motifs is 1. The third-order valence-corrected chi connectivity index (χ3v) is 4.46. The van der Waals surface area contributed by atoms with Crippen molar-refractivity contribution in [2.45, 2.75) is 11.8 Å². The van der Waals surface area contributed by atoms with Crippen molar-refractivity contribution in [1.82, 2.24) is 9.97 Å². The van der Waals surface area contributed by atoms with E-state index in [1.54, 1.807) is 30.3 Å². The van der Waals surface area contributed by atoms with Gasteiger partial charge in [0.25, 0.3) is 5.88 Å². The third-order valence-electron chi connectivity index (χ3n) is 2.99. The molecule has 0 bridgehead atoms. The van der Waals surface area contributed by atoms with Crippen molar-refractivity contribution in [2.75, 3.05) is 0 Å². The van der Waals surface area contributed by atoms with Crippen molar-refractivity contribution >= 4 is 32.8 Å². The van der Waals surface area contributed by atoms with Crippen LogP contribution < -0.4 is 4.18 Å². The lowest BCUT2D eigenvalue weighted by molar-refractivity contribution is 0.476. The smallest absolute Gasteiger partial charge is 0.340 e. The Bertz CT molecular complexity index is 941. The highest BCUT2D eigenvalue weighted by Gasteiger charge is 2.17. The molecule has 22 heavy (non-hydrogen) atoms. The van der Waals surface area contributed by atoms with Crippen LogP contribution in [0, 0.1) is 6.92 Å². The Morgan fingerprint density at radius 3 is 2.50 bits per heavy atom. The van der Waals surface area contributed by atoms with Crippen LogP contribution in [0.3, 0.4) is 0 Å². The zero-order chi connectivity index (χ0) is 15.7. The van der Waals surface area contributed by atoms with Gasteiger partial charge in [0.05, 0.1) is 17.2 Å². The van der Waals surface area contributed by atoms with E-state index in [0.717, 1.165) is 5.56 Å². The quantitative estimate of drug-likeness (QED) is 0.687. The molecule has 2 aromatic carbocycles. The van der Waals surface area contributed by atoms with E-state index in [0.29, 0.717) is 16.1 Å².